The lowest BCUT2D eigenvalue weighted by Crippen LogP contribution is -2.37. The molecule has 0 spiro atoms. The molecule has 4 heterocycles. The molecule has 2 unspecified atom stereocenters. The summed E-state index contributed by atoms with van der Waals surface area (Å²) in [5, 5.41) is 37.8. The molecule has 426 valence electrons. The van der Waals surface area contributed by atoms with Crippen molar-refractivity contribution in [1.29, 1.82) is 0 Å². The molecule has 82 heavy (non-hydrogen) atoms. The standard InChI is InChI=1S/C20H19NO4.C15H17NO4.C13H11NO5.C13H13NO4/c1-13-7-8-18-15(9-13)11-17(20(23)25-18)12-16(19(22)21-24)10-14-5-3-2-4-6-14;1-9-4-5-12-10(6-9)7-11(13(17)20-12)8-15(2,3)14(18)16-19;1-18-10-3-4-11-9(7-10)6-8(13(16)19-11)2-5-12(15)14-17;1-8(12(15)14-17)6-10-7-9-4-2-3-5-11(9)18-13(10)16/h2-9,11,16,24H,10,12H2,1H3,(H,21,22);4-7,19H,8H2,1-3H3,(H,16,18);2-7,17H,1H3,(H,14,15);2-5,7-8,17H,6H2,1H3,(H,14,15). The minimum atomic E-state index is -0.902. The fraction of sp³-hybridized carbons (Fsp3) is 0.213. The zero-order chi connectivity index (χ0) is 59.7. The van der Waals surface area contributed by atoms with Gasteiger partial charge in [-0.3, -0.25) is 40.0 Å². The number of hydrogen-bond acceptors (Lipinski definition) is 17. The molecular formula is C61H60N4O17. The number of aryl methyl sites for hydroxylation is 2. The van der Waals surface area contributed by atoms with E-state index < -0.39 is 63.4 Å². The van der Waals surface area contributed by atoms with Gasteiger partial charge in [0.2, 0.25) is 17.7 Å². The Hall–Kier alpha value is -9.80. The summed E-state index contributed by atoms with van der Waals surface area (Å²) in [7, 11) is 1.53. The molecule has 9 rings (SSSR count). The third-order valence-corrected chi connectivity index (χ3v) is 12.8. The van der Waals surface area contributed by atoms with Crippen molar-refractivity contribution in [1.82, 2.24) is 21.9 Å². The van der Waals surface area contributed by atoms with Gasteiger partial charge in [0.1, 0.15) is 28.1 Å². The molecule has 21 nitrogen and oxygen atoms in total. The molecule has 0 aliphatic heterocycles. The van der Waals surface area contributed by atoms with Gasteiger partial charge in [0.25, 0.3) is 5.91 Å². The quantitative estimate of drug-likeness (QED) is 0.0221. The number of benzene rings is 5. The van der Waals surface area contributed by atoms with Crippen LogP contribution in [-0.2, 0) is 44.9 Å². The fourth-order valence-corrected chi connectivity index (χ4v) is 8.40. The van der Waals surface area contributed by atoms with Crippen LogP contribution in [-0.4, -0.2) is 51.6 Å². The van der Waals surface area contributed by atoms with Gasteiger partial charge in [-0.15, -0.1) is 0 Å². The van der Waals surface area contributed by atoms with Gasteiger partial charge in [-0.25, -0.2) is 41.1 Å². The predicted molar refractivity (Wildman–Crippen MR) is 302 cm³/mol. The Balaban J connectivity index is 0.000000177. The normalized spacial score (nSPS) is 11.7. The first-order chi connectivity index (χ1) is 39.1. The van der Waals surface area contributed by atoms with Gasteiger partial charge in [-0.2, -0.15) is 0 Å². The van der Waals surface area contributed by atoms with Crippen molar-refractivity contribution in [2.24, 2.45) is 17.3 Å². The van der Waals surface area contributed by atoms with Crippen LogP contribution >= 0.6 is 0 Å². The minimum absolute atomic E-state index is 0.186. The van der Waals surface area contributed by atoms with Crippen LogP contribution in [0.4, 0.5) is 0 Å². The first kappa shape index (κ1) is 61.4. The van der Waals surface area contributed by atoms with Crippen molar-refractivity contribution in [2.45, 2.75) is 60.3 Å². The van der Waals surface area contributed by atoms with Gasteiger partial charge >= 0.3 is 22.5 Å². The first-order valence-electron chi connectivity index (χ1n) is 25.3. The Morgan fingerprint density at radius 2 is 1.04 bits per heavy atom. The Morgan fingerprint density at radius 3 is 1.61 bits per heavy atom. The van der Waals surface area contributed by atoms with Crippen LogP contribution in [0.3, 0.4) is 0 Å². The third-order valence-electron chi connectivity index (χ3n) is 12.8. The lowest BCUT2D eigenvalue weighted by molar-refractivity contribution is -0.138. The number of amides is 4. The molecule has 0 radical (unpaired) electrons. The molecular weight excluding hydrogens is 1060 g/mol. The number of nitrogens with one attached hydrogen (secondary N) is 4. The molecule has 4 aromatic heterocycles. The van der Waals surface area contributed by atoms with Crippen LogP contribution in [0.2, 0.25) is 0 Å². The highest BCUT2D eigenvalue weighted by Gasteiger charge is 2.29. The molecule has 4 amide bonds. The number of carbonyl (C=O) groups excluding carboxylic acids is 4. The maximum atomic E-state index is 12.3. The number of hydroxylamine groups is 4. The van der Waals surface area contributed by atoms with Gasteiger partial charge < -0.3 is 22.4 Å². The smallest absolute Gasteiger partial charge is 0.343 e. The molecule has 0 aliphatic rings. The van der Waals surface area contributed by atoms with Gasteiger partial charge in [0, 0.05) is 61.6 Å². The molecule has 0 fully saturated rings. The summed E-state index contributed by atoms with van der Waals surface area (Å²) < 4.78 is 26.0. The maximum Gasteiger partial charge on any atom is 0.343 e. The van der Waals surface area contributed by atoms with E-state index in [-0.39, 0.29) is 24.8 Å². The van der Waals surface area contributed by atoms with Crippen molar-refractivity contribution in [3.63, 3.8) is 0 Å². The Morgan fingerprint density at radius 1 is 0.537 bits per heavy atom. The second kappa shape index (κ2) is 28.4. The highest BCUT2D eigenvalue weighted by molar-refractivity contribution is 5.91. The summed E-state index contributed by atoms with van der Waals surface area (Å²) in [6.07, 6.45) is 3.30. The van der Waals surface area contributed by atoms with E-state index in [1.54, 1.807) is 104 Å². The van der Waals surface area contributed by atoms with Crippen LogP contribution < -0.4 is 49.2 Å². The second-order valence-corrected chi connectivity index (χ2v) is 19.6. The van der Waals surface area contributed by atoms with Crippen LogP contribution in [0.5, 0.6) is 5.75 Å². The summed E-state index contributed by atoms with van der Waals surface area (Å²) in [5.74, 6) is -2.76. The Bertz CT molecular complexity index is 4030. The molecule has 8 N–H and O–H groups in total. The highest BCUT2D eigenvalue weighted by Crippen LogP contribution is 2.25. The van der Waals surface area contributed by atoms with E-state index in [0.29, 0.717) is 56.6 Å². The number of rotatable bonds is 14. The molecule has 0 bridgehead atoms. The van der Waals surface area contributed by atoms with Gasteiger partial charge in [0.15, 0.2) is 0 Å². The monoisotopic (exact) mass is 1120 g/mol. The van der Waals surface area contributed by atoms with Crippen molar-refractivity contribution in [3.8, 4) is 5.75 Å². The first-order valence-corrected chi connectivity index (χ1v) is 25.3. The topological polar surface area (TPSA) is 327 Å². The van der Waals surface area contributed by atoms with Gasteiger partial charge in [0.05, 0.1) is 12.7 Å². The number of hydrogen-bond donors (Lipinski definition) is 8. The summed E-state index contributed by atoms with van der Waals surface area (Å²) >= 11 is 0. The van der Waals surface area contributed by atoms with Crippen molar-refractivity contribution < 1.29 is 62.4 Å². The summed E-state index contributed by atoms with van der Waals surface area (Å²) in [6.45, 7) is 8.84. The lowest BCUT2D eigenvalue weighted by atomic mass is 9.85. The Kier molecular flexibility index (Phi) is 21.3. The van der Waals surface area contributed by atoms with Crippen LogP contribution in [0.1, 0.15) is 59.7 Å². The minimum Gasteiger partial charge on any atom is -0.497 e. The zero-order valence-corrected chi connectivity index (χ0v) is 45.4. The number of fused-ring (bicyclic) bond motifs is 4. The molecule has 21 heteroatoms. The number of methoxy groups -OCH3 is 1. The van der Waals surface area contributed by atoms with E-state index in [1.165, 1.54) is 18.7 Å². The average Bonchev–Trinajstić information content (AvgIpc) is 3.47. The van der Waals surface area contributed by atoms with E-state index >= 15 is 0 Å². The van der Waals surface area contributed by atoms with Crippen LogP contribution in [0.25, 0.3) is 50.0 Å². The average molecular weight is 1120 g/mol. The van der Waals surface area contributed by atoms with E-state index in [1.807, 2.05) is 80.6 Å². The van der Waals surface area contributed by atoms with E-state index in [0.717, 1.165) is 38.9 Å². The van der Waals surface area contributed by atoms with E-state index in [9.17, 15) is 38.4 Å². The molecule has 0 aliphatic carbocycles. The summed E-state index contributed by atoms with van der Waals surface area (Å²) in [5.41, 5.74) is 9.99. The maximum absolute atomic E-state index is 12.3. The van der Waals surface area contributed by atoms with E-state index in [4.69, 9.17) is 43.2 Å². The zero-order valence-electron chi connectivity index (χ0n) is 45.4. The number of ether oxygens (including phenoxy) is 1. The van der Waals surface area contributed by atoms with Crippen molar-refractivity contribution >= 4 is 73.6 Å². The summed E-state index contributed by atoms with van der Waals surface area (Å²) in [4.78, 5) is 93.3. The predicted octanol–water partition coefficient (Wildman–Crippen LogP) is 7.98. The highest BCUT2D eigenvalue weighted by atomic mass is 16.5. The largest absolute Gasteiger partial charge is 0.497 e. The van der Waals surface area contributed by atoms with Gasteiger partial charge in [-0.05, 0) is 124 Å². The molecule has 9 aromatic rings. The van der Waals surface area contributed by atoms with Crippen LogP contribution in [0.15, 0.2) is 176 Å². The lowest BCUT2D eigenvalue weighted by Gasteiger charge is -2.21. The van der Waals surface area contributed by atoms with Crippen molar-refractivity contribution in [2.75, 3.05) is 7.11 Å². The molecule has 2 atom stereocenters. The number of carbonyl (C=O) groups is 4. The molecule has 0 saturated heterocycles. The molecule has 0 saturated carbocycles. The third kappa shape index (κ3) is 16.6. The second-order valence-electron chi connectivity index (χ2n) is 19.6. The fourth-order valence-electron chi connectivity index (χ4n) is 8.40. The Labute approximate surface area is 466 Å². The summed E-state index contributed by atoms with van der Waals surface area (Å²) in [6, 6.07) is 39.6. The SMILES string of the molecule is CC(Cc1cc2ccccc2oc1=O)C(=O)NO.COc1ccc2oc(=O)c(C=CC(=O)NO)cc2c1.Cc1ccc2oc(=O)c(CC(C)(C)C(=O)NO)cc2c1.Cc1ccc2oc(=O)c(CC(Cc3ccccc3)C(=O)NO)cc2c1. The molecule has 5 aromatic carbocycles. The van der Waals surface area contributed by atoms with Crippen LogP contribution in [0, 0.1) is 31.1 Å². The van der Waals surface area contributed by atoms with Crippen molar-refractivity contribution in [3.05, 3.63) is 220 Å². The number of para-hydroxylation sites is 1. The van der Waals surface area contributed by atoms with E-state index in [2.05, 4.69) is 0 Å². The van der Waals surface area contributed by atoms with Gasteiger partial charge in [-0.1, -0.05) is 92.6 Å².